The highest BCUT2D eigenvalue weighted by Crippen LogP contribution is 2.36. The molecule has 0 fully saturated rings. The molecule has 0 N–H and O–H groups in total. The van der Waals surface area contributed by atoms with Crippen molar-refractivity contribution in [3.63, 3.8) is 0 Å². The van der Waals surface area contributed by atoms with Crippen molar-refractivity contribution in [1.29, 1.82) is 0 Å². The van der Waals surface area contributed by atoms with Gasteiger partial charge >= 0.3 is 0 Å². The van der Waals surface area contributed by atoms with Crippen LogP contribution in [0.4, 0.5) is 0 Å². The van der Waals surface area contributed by atoms with Gasteiger partial charge in [-0.25, -0.2) is 0 Å². The Hall–Kier alpha value is -1.80. The van der Waals surface area contributed by atoms with Gasteiger partial charge in [0.1, 0.15) is 17.6 Å². The normalized spacial score (nSPS) is 14.0. The number of carbonyl (C=O) groups is 1. The van der Waals surface area contributed by atoms with Gasteiger partial charge in [-0.3, -0.25) is 4.79 Å². The van der Waals surface area contributed by atoms with Crippen molar-refractivity contribution in [2.24, 2.45) is 4.99 Å². The summed E-state index contributed by atoms with van der Waals surface area (Å²) in [6.07, 6.45) is 1.75. The molecule has 0 saturated heterocycles. The molecule has 0 spiro atoms. The van der Waals surface area contributed by atoms with Crippen LogP contribution in [0.2, 0.25) is 8.67 Å². The van der Waals surface area contributed by atoms with Crippen LogP contribution in [-0.2, 0) is 6.54 Å². The highest BCUT2D eigenvalue weighted by Gasteiger charge is 2.18. The third-order valence-electron chi connectivity index (χ3n) is 3.74. The maximum atomic E-state index is 12.6. The molecule has 4 rings (SSSR count). The molecular formula is C17H12Cl2N2O3S2. The molecule has 0 aliphatic carbocycles. The van der Waals surface area contributed by atoms with Crippen LogP contribution in [0.15, 0.2) is 35.8 Å². The predicted octanol–water partition coefficient (Wildman–Crippen LogP) is 4.77. The zero-order valence-corrected chi connectivity index (χ0v) is 16.5. The van der Waals surface area contributed by atoms with E-state index in [1.807, 2.05) is 16.7 Å². The summed E-state index contributed by atoms with van der Waals surface area (Å²) in [5.41, 5.74) is 1.20. The molecule has 5 nitrogen and oxygen atoms in total. The fourth-order valence-electron chi connectivity index (χ4n) is 2.63. The molecule has 26 heavy (non-hydrogen) atoms. The van der Waals surface area contributed by atoms with E-state index in [2.05, 4.69) is 11.6 Å². The molecule has 3 aromatic rings. The third kappa shape index (κ3) is 3.16. The van der Waals surface area contributed by atoms with Crippen LogP contribution in [0.1, 0.15) is 10.4 Å². The lowest BCUT2D eigenvalue weighted by Gasteiger charge is -2.18. The van der Waals surface area contributed by atoms with Gasteiger partial charge in [-0.05, 0) is 6.07 Å². The van der Waals surface area contributed by atoms with Crippen LogP contribution in [0.25, 0.3) is 10.2 Å². The van der Waals surface area contributed by atoms with Crippen molar-refractivity contribution in [2.45, 2.75) is 6.54 Å². The van der Waals surface area contributed by atoms with E-state index in [4.69, 9.17) is 32.7 Å². The molecule has 0 saturated carbocycles. The van der Waals surface area contributed by atoms with Crippen LogP contribution in [0, 0.1) is 0 Å². The van der Waals surface area contributed by atoms with Gasteiger partial charge in [0.25, 0.3) is 5.91 Å². The monoisotopic (exact) mass is 426 g/mol. The topological polar surface area (TPSA) is 52.8 Å². The summed E-state index contributed by atoms with van der Waals surface area (Å²) in [7, 11) is 0. The lowest BCUT2D eigenvalue weighted by atomic mass is 10.2. The molecule has 1 aromatic carbocycles. The van der Waals surface area contributed by atoms with Crippen LogP contribution < -0.4 is 14.3 Å². The molecule has 0 bridgehead atoms. The molecule has 1 aliphatic rings. The zero-order valence-electron chi connectivity index (χ0n) is 13.3. The first-order valence-corrected chi connectivity index (χ1v) is 10.0. The molecule has 0 radical (unpaired) electrons. The van der Waals surface area contributed by atoms with Gasteiger partial charge in [-0.1, -0.05) is 40.6 Å². The van der Waals surface area contributed by atoms with Gasteiger partial charge in [0, 0.05) is 18.7 Å². The van der Waals surface area contributed by atoms with Crippen LogP contribution >= 0.6 is 45.9 Å². The predicted molar refractivity (Wildman–Crippen MR) is 105 cm³/mol. The van der Waals surface area contributed by atoms with Gasteiger partial charge in [-0.2, -0.15) is 4.99 Å². The minimum atomic E-state index is -0.431. The van der Waals surface area contributed by atoms with Crippen LogP contribution in [0.5, 0.6) is 11.5 Å². The number of ether oxygens (including phenoxy) is 2. The largest absolute Gasteiger partial charge is 0.486 e. The number of allylic oxidation sites excluding steroid dienone is 1. The Morgan fingerprint density at radius 2 is 1.96 bits per heavy atom. The quantitative estimate of drug-likeness (QED) is 0.566. The van der Waals surface area contributed by atoms with Crippen LogP contribution in [-0.4, -0.2) is 23.7 Å². The van der Waals surface area contributed by atoms with Crippen molar-refractivity contribution in [1.82, 2.24) is 4.57 Å². The summed E-state index contributed by atoms with van der Waals surface area (Å²) in [4.78, 5) is 17.4. The Kier molecular flexibility index (Phi) is 4.79. The van der Waals surface area contributed by atoms with E-state index < -0.39 is 5.91 Å². The second kappa shape index (κ2) is 7.08. The van der Waals surface area contributed by atoms with Gasteiger partial charge < -0.3 is 14.0 Å². The first-order valence-electron chi connectivity index (χ1n) is 7.64. The highest BCUT2D eigenvalue weighted by molar-refractivity contribution is 7.20. The lowest BCUT2D eigenvalue weighted by molar-refractivity contribution is 0.0998. The molecule has 0 unspecified atom stereocenters. The maximum Gasteiger partial charge on any atom is 0.282 e. The molecule has 3 heterocycles. The van der Waals surface area contributed by atoms with E-state index in [1.54, 1.807) is 6.08 Å². The molecular weight excluding hydrogens is 415 g/mol. The number of amides is 1. The lowest BCUT2D eigenvalue weighted by Crippen LogP contribution is -2.17. The van der Waals surface area contributed by atoms with E-state index in [0.29, 0.717) is 50.3 Å². The number of thiazole rings is 1. The van der Waals surface area contributed by atoms with E-state index in [1.165, 1.54) is 17.4 Å². The number of carbonyl (C=O) groups excluding carboxylic acids is 1. The molecule has 9 heteroatoms. The number of halogens is 2. The van der Waals surface area contributed by atoms with Crippen molar-refractivity contribution in [3.8, 4) is 11.5 Å². The van der Waals surface area contributed by atoms with Gasteiger partial charge in [0.15, 0.2) is 16.3 Å². The van der Waals surface area contributed by atoms with E-state index in [0.717, 1.165) is 21.6 Å². The van der Waals surface area contributed by atoms with Crippen molar-refractivity contribution >= 4 is 62.0 Å². The second-order valence-electron chi connectivity index (χ2n) is 5.40. The third-order valence-corrected chi connectivity index (χ3v) is 6.27. The van der Waals surface area contributed by atoms with Gasteiger partial charge in [0.2, 0.25) is 0 Å². The second-order valence-corrected chi connectivity index (χ2v) is 8.70. The van der Waals surface area contributed by atoms with Crippen molar-refractivity contribution in [3.05, 3.63) is 49.9 Å². The van der Waals surface area contributed by atoms with E-state index in [9.17, 15) is 4.79 Å². The number of aromatic nitrogens is 1. The molecule has 1 amide bonds. The molecule has 2 aromatic heterocycles. The van der Waals surface area contributed by atoms with Crippen LogP contribution in [0.3, 0.4) is 0 Å². The number of hydrogen-bond donors (Lipinski definition) is 0. The summed E-state index contributed by atoms with van der Waals surface area (Å²) in [5.74, 6) is 0.950. The number of rotatable bonds is 3. The van der Waals surface area contributed by atoms with Gasteiger partial charge in [-0.15, -0.1) is 17.9 Å². The Bertz CT molecular complexity index is 1100. The summed E-state index contributed by atoms with van der Waals surface area (Å²) in [6, 6.07) is 5.35. The zero-order chi connectivity index (χ0) is 18.3. The van der Waals surface area contributed by atoms with Gasteiger partial charge in [0.05, 0.1) is 20.1 Å². The summed E-state index contributed by atoms with van der Waals surface area (Å²) < 4.78 is 14.9. The summed E-state index contributed by atoms with van der Waals surface area (Å²) >= 11 is 14.5. The Labute approximate surface area is 166 Å². The number of hydrogen-bond acceptors (Lipinski definition) is 5. The average Bonchev–Trinajstić information content (AvgIpc) is 3.12. The number of fused-ring (bicyclic) bond motifs is 2. The smallest absolute Gasteiger partial charge is 0.282 e. The SMILES string of the molecule is C=CCn1c(=NC(=O)c2cc(Cl)sc2Cl)sc2cc3c(cc21)OCCO3. The fraction of sp³-hybridized carbons (Fsp3) is 0.176. The molecule has 0 atom stereocenters. The summed E-state index contributed by atoms with van der Waals surface area (Å²) in [5, 5.41) is 0. The molecule has 1 aliphatic heterocycles. The Balaban J connectivity index is 1.88. The number of nitrogens with zero attached hydrogens (tertiary/aromatic N) is 2. The average molecular weight is 427 g/mol. The first-order chi connectivity index (χ1) is 12.6. The van der Waals surface area contributed by atoms with Crippen molar-refractivity contribution in [2.75, 3.05) is 13.2 Å². The molecule has 134 valence electrons. The van der Waals surface area contributed by atoms with Crippen molar-refractivity contribution < 1.29 is 14.3 Å². The highest BCUT2D eigenvalue weighted by atomic mass is 35.5. The standard InChI is InChI=1S/C17H12Cl2N2O3S2/c1-2-3-21-10-7-11-12(24-5-4-23-11)8-13(10)25-17(21)20-16(22)9-6-14(18)26-15(9)19/h2,6-8H,1,3-5H2. The van der Waals surface area contributed by atoms with E-state index in [-0.39, 0.29) is 0 Å². The number of benzene rings is 1. The fourth-order valence-corrected chi connectivity index (χ4v) is 5.13. The summed E-state index contributed by atoms with van der Waals surface area (Å²) in [6.45, 7) is 5.32. The minimum absolute atomic E-state index is 0.301. The minimum Gasteiger partial charge on any atom is -0.486 e. The first kappa shape index (κ1) is 17.6. The Morgan fingerprint density at radius 3 is 2.62 bits per heavy atom. The number of thiophene rings is 1. The Morgan fingerprint density at radius 1 is 1.23 bits per heavy atom. The van der Waals surface area contributed by atoms with E-state index >= 15 is 0 Å². The maximum absolute atomic E-state index is 12.6.